The van der Waals surface area contributed by atoms with E-state index in [9.17, 15) is 0 Å². The second kappa shape index (κ2) is 6.95. The summed E-state index contributed by atoms with van der Waals surface area (Å²) in [6.45, 7) is 15.3. The van der Waals surface area contributed by atoms with Crippen LogP contribution in [-0.2, 0) is 0 Å². The molecule has 1 aliphatic heterocycles. The van der Waals surface area contributed by atoms with Crippen molar-refractivity contribution in [3.8, 4) is 0 Å². The fourth-order valence-electron chi connectivity index (χ4n) is 3.51. The molecular formula is C23H28N2. The standard InChI is InChI=1S/C23H28N2/c1-16(2)20-11-9-12-21(17(3)4)23(20)25-15-14-24(19(25)6)22-13-8-7-10-18(22)5/h7-17H,1H2,2-6H3. The fraction of sp³-hybridized carbons (Fsp3) is 0.304. The Morgan fingerprint density at radius 1 is 0.800 bits per heavy atom. The van der Waals surface area contributed by atoms with Crippen molar-refractivity contribution in [1.82, 2.24) is 0 Å². The Bertz CT molecular complexity index is 747. The molecule has 2 radical (unpaired) electrons. The first kappa shape index (κ1) is 17.6. The first-order chi connectivity index (χ1) is 11.9. The summed E-state index contributed by atoms with van der Waals surface area (Å²) in [6.07, 6.45) is 5.53. The van der Waals surface area contributed by atoms with Crippen molar-refractivity contribution in [3.05, 3.63) is 84.6 Å². The molecule has 130 valence electrons. The Morgan fingerprint density at radius 3 is 2.08 bits per heavy atom. The van der Waals surface area contributed by atoms with Gasteiger partial charge in [0.2, 0.25) is 0 Å². The lowest BCUT2D eigenvalue weighted by Gasteiger charge is -2.33. The van der Waals surface area contributed by atoms with Gasteiger partial charge in [0.15, 0.2) is 6.17 Å². The molecule has 2 aromatic carbocycles. The third kappa shape index (κ3) is 3.18. The van der Waals surface area contributed by atoms with Crippen molar-refractivity contribution in [1.29, 1.82) is 0 Å². The van der Waals surface area contributed by atoms with Crippen molar-refractivity contribution in [2.24, 2.45) is 0 Å². The van der Waals surface area contributed by atoms with Crippen LogP contribution in [0.5, 0.6) is 0 Å². The highest BCUT2D eigenvalue weighted by Gasteiger charge is 2.30. The zero-order valence-electron chi connectivity index (χ0n) is 16.0. The SMILES string of the molecule is [CH2]C(C)c1cccc(C(C)C)c1N1C=CN(c2ccccc2C)[C]1C. The van der Waals surface area contributed by atoms with E-state index in [1.54, 1.807) is 0 Å². The molecule has 0 amide bonds. The third-order valence-electron chi connectivity index (χ3n) is 4.93. The van der Waals surface area contributed by atoms with Gasteiger partial charge in [-0.3, -0.25) is 0 Å². The molecule has 0 aromatic heterocycles. The summed E-state index contributed by atoms with van der Waals surface area (Å²) >= 11 is 0. The smallest absolute Gasteiger partial charge is 0.161 e. The number of aryl methyl sites for hydroxylation is 1. The van der Waals surface area contributed by atoms with Crippen LogP contribution in [0.4, 0.5) is 11.4 Å². The van der Waals surface area contributed by atoms with E-state index >= 15 is 0 Å². The maximum atomic E-state index is 4.28. The number of anilines is 2. The van der Waals surface area contributed by atoms with Gasteiger partial charge in [-0.15, -0.1) is 0 Å². The summed E-state index contributed by atoms with van der Waals surface area (Å²) in [6, 6.07) is 15.1. The minimum absolute atomic E-state index is 0.238. The molecular weight excluding hydrogens is 304 g/mol. The molecule has 1 atom stereocenters. The average molecular weight is 332 g/mol. The molecule has 1 aliphatic rings. The summed E-state index contributed by atoms with van der Waals surface area (Å²) < 4.78 is 0. The van der Waals surface area contributed by atoms with Crippen LogP contribution in [0.2, 0.25) is 0 Å². The van der Waals surface area contributed by atoms with E-state index in [-0.39, 0.29) is 5.92 Å². The van der Waals surface area contributed by atoms with Gasteiger partial charge in [0.25, 0.3) is 0 Å². The molecule has 25 heavy (non-hydrogen) atoms. The minimum Gasteiger partial charge on any atom is -0.319 e. The summed E-state index contributed by atoms with van der Waals surface area (Å²) in [5.41, 5.74) is 6.44. The van der Waals surface area contributed by atoms with Gasteiger partial charge in [-0.25, -0.2) is 0 Å². The molecule has 2 aromatic rings. The molecule has 1 heterocycles. The van der Waals surface area contributed by atoms with Crippen LogP contribution >= 0.6 is 0 Å². The van der Waals surface area contributed by atoms with Gasteiger partial charge in [0.1, 0.15) is 0 Å². The van der Waals surface area contributed by atoms with Crippen molar-refractivity contribution in [2.75, 3.05) is 9.80 Å². The minimum atomic E-state index is 0.238. The fourth-order valence-corrected chi connectivity index (χ4v) is 3.51. The summed E-state index contributed by atoms with van der Waals surface area (Å²) in [7, 11) is 0. The lowest BCUT2D eigenvalue weighted by Crippen LogP contribution is -2.29. The van der Waals surface area contributed by atoms with Gasteiger partial charge in [-0.1, -0.05) is 57.2 Å². The van der Waals surface area contributed by atoms with Crippen LogP contribution in [0.25, 0.3) is 0 Å². The maximum absolute atomic E-state index is 4.28. The number of rotatable bonds is 4. The van der Waals surface area contributed by atoms with E-state index in [2.05, 4.69) is 106 Å². The van der Waals surface area contributed by atoms with Crippen LogP contribution in [0.15, 0.2) is 54.9 Å². The van der Waals surface area contributed by atoms with Crippen LogP contribution in [-0.4, -0.2) is 0 Å². The lowest BCUT2D eigenvalue weighted by atomic mass is 9.92. The van der Waals surface area contributed by atoms with Gasteiger partial charge in [0, 0.05) is 23.8 Å². The molecule has 0 aliphatic carbocycles. The second-order valence-corrected chi connectivity index (χ2v) is 7.21. The largest absolute Gasteiger partial charge is 0.319 e. The molecule has 0 saturated carbocycles. The Kier molecular flexibility index (Phi) is 4.89. The second-order valence-electron chi connectivity index (χ2n) is 7.21. The molecule has 2 nitrogen and oxygen atoms in total. The molecule has 1 unspecified atom stereocenters. The summed E-state index contributed by atoms with van der Waals surface area (Å²) in [4.78, 5) is 4.59. The maximum Gasteiger partial charge on any atom is 0.161 e. The Morgan fingerprint density at radius 2 is 1.44 bits per heavy atom. The van der Waals surface area contributed by atoms with Crippen molar-refractivity contribution in [3.63, 3.8) is 0 Å². The zero-order chi connectivity index (χ0) is 18.1. The Balaban J connectivity index is 2.05. The van der Waals surface area contributed by atoms with Crippen LogP contribution in [0.1, 0.15) is 56.2 Å². The highest BCUT2D eigenvalue weighted by Crippen LogP contribution is 2.41. The average Bonchev–Trinajstić information content (AvgIpc) is 2.95. The highest BCUT2D eigenvalue weighted by atomic mass is 15.4. The number of nitrogens with zero attached hydrogens (tertiary/aromatic N) is 2. The zero-order valence-corrected chi connectivity index (χ0v) is 16.0. The van der Waals surface area contributed by atoms with Gasteiger partial charge in [-0.05, 0) is 55.4 Å². The van der Waals surface area contributed by atoms with Crippen LogP contribution < -0.4 is 9.80 Å². The lowest BCUT2D eigenvalue weighted by molar-refractivity contribution is 0.831. The molecule has 0 saturated heterocycles. The molecule has 3 rings (SSSR count). The molecule has 0 fully saturated rings. The van der Waals surface area contributed by atoms with Gasteiger partial charge in [-0.2, -0.15) is 0 Å². The van der Waals surface area contributed by atoms with Crippen molar-refractivity contribution < 1.29 is 0 Å². The van der Waals surface area contributed by atoms with Crippen LogP contribution in [0, 0.1) is 20.0 Å². The predicted molar refractivity (Wildman–Crippen MR) is 108 cm³/mol. The van der Waals surface area contributed by atoms with E-state index in [1.807, 2.05) is 0 Å². The highest BCUT2D eigenvalue weighted by molar-refractivity contribution is 5.72. The van der Waals surface area contributed by atoms with E-state index in [0.717, 1.165) is 0 Å². The number of hydrogen-bond donors (Lipinski definition) is 0. The van der Waals surface area contributed by atoms with Gasteiger partial charge < -0.3 is 9.80 Å². The molecule has 0 N–H and O–H groups in total. The normalized spacial score (nSPS) is 15.0. The molecule has 0 spiro atoms. The molecule has 0 bridgehead atoms. The quantitative estimate of drug-likeness (QED) is 0.642. The van der Waals surface area contributed by atoms with E-state index in [1.165, 1.54) is 34.2 Å². The monoisotopic (exact) mass is 332 g/mol. The summed E-state index contributed by atoms with van der Waals surface area (Å²) in [5, 5.41) is 0. The van der Waals surface area contributed by atoms with Gasteiger partial charge in [0.05, 0.1) is 0 Å². The predicted octanol–water partition coefficient (Wildman–Crippen LogP) is 6.36. The number of benzene rings is 2. The van der Waals surface area contributed by atoms with Crippen molar-refractivity contribution >= 4 is 11.4 Å². The van der Waals surface area contributed by atoms with E-state index in [4.69, 9.17) is 0 Å². The van der Waals surface area contributed by atoms with E-state index < -0.39 is 0 Å². The van der Waals surface area contributed by atoms with Crippen LogP contribution in [0.3, 0.4) is 0 Å². The summed E-state index contributed by atoms with van der Waals surface area (Å²) in [5.74, 6) is 0.699. The molecule has 2 heteroatoms. The first-order valence-corrected chi connectivity index (χ1v) is 9.03. The topological polar surface area (TPSA) is 6.48 Å². The van der Waals surface area contributed by atoms with Crippen molar-refractivity contribution in [2.45, 2.75) is 46.5 Å². The Labute approximate surface area is 152 Å². The van der Waals surface area contributed by atoms with E-state index in [0.29, 0.717) is 5.92 Å². The first-order valence-electron chi connectivity index (χ1n) is 9.03. The van der Waals surface area contributed by atoms with Gasteiger partial charge >= 0.3 is 0 Å². The number of hydrogen-bond acceptors (Lipinski definition) is 2. The third-order valence-corrected chi connectivity index (χ3v) is 4.93. The number of para-hydroxylation sites is 2. The Hall–Kier alpha value is -2.22.